The van der Waals surface area contributed by atoms with Gasteiger partial charge in [-0.15, -0.1) is 0 Å². The Labute approximate surface area is 124 Å². The zero-order chi connectivity index (χ0) is 16.0. The molecule has 1 aromatic rings. The van der Waals surface area contributed by atoms with Crippen LogP contribution in [0.3, 0.4) is 0 Å². The Bertz CT molecular complexity index is 505. The summed E-state index contributed by atoms with van der Waals surface area (Å²) in [5, 5.41) is 8.63. The van der Waals surface area contributed by atoms with Crippen molar-refractivity contribution in [3.63, 3.8) is 0 Å². The van der Waals surface area contributed by atoms with Crippen molar-refractivity contribution < 1.29 is 24.2 Å². The zero-order valence-electron chi connectivity index (χ0n) is 12.9. The highest BCUT2D eigenvalue weighted by atomic mass is 16.5. The number of carbonyl (C=O) groups excluding carboxylic acids is 1. The summed E-state index contributed by atoms with van der Waals surface area (Å²) < 4.78 is 11.3. The first-order chi connectivity index (χ1) is 9.79. The molecule has 0 unspecified atom stereocenters. The predicted octanol–water partition coefficient (Wildman–Crippen LogP) is 3.31. The van der Waals surface area contributed by atoms with Crippen LogP contribution >= 0.6 is 0 Å². The fraction of sp³-hybridized carbons (Fsp3) is 0.500. The first-order valence-electron chi connectivity index (χ1n) is 7.02. The van der Waals surface area contributed by atoms with E-state index in [9.17, 15) is 9.59 Å². The Morgan fingerprint density at radius 3 is 2.10 bits per heavy atom. The smallest absolute Gasteiger partial charge is 0.303 e. The van der Waals surface area contributed by atoms with Crippen molar-refractivity contribution >= 4 is 11.8 Å². The summed E-state index contributed by atoms with van der Waals surface area (Å²) in [6.45, 7) is 7.59. The number of Topliss-reactive ketones (excluding diaryl/α,β-unsaturated/α-hetero) is 1. The van der Waals surface area contributed by atoms with Gasteiger partial charge in [-0.05, 0) is 45.9 Å². The van der Waals surface area contributed by atoms with Gasteiger partial charge in [-0.2, -0.15) is 0 Å². The van der Waals surface area contributed by atoms with Gasteiger partial charge in [0.25, 0.3) is 0 Å². The highest BCUT2D eigenvalue weighted by Crippen LogP contribution is 2.30. The summed E-state index contributed by atoms with van der Waals surface area (Å²) in [6, 6.07) is 4.93. The summed E-state index contributed by atoms with van der Waals surface area (Å²) in [5.41, 5.74) is 0.433. The van der Waals surface area contributed by atoms with E-state index in [0.29, 0.717) is 17.1 Å². The molecule has 0 amide bonds. The molecule has 21 heavy (non-hydrogen) atoms. The van der Waals surface area contributed by atoms with Crippen LogP contribution in [0.2, 0.25) is 0 Å². The Morgan fingerprint density at radius 2 is 1.57 bits per heavy atom. The van der Waals surface area contributed by atoms with Crippen molar-refractivity contribution in [2.24, 2.45) is 0 Å². The van der Waals surface area contributed by atoms with E-state index in [0.717, 1.165) is 0 Å². The van der Waals surface area contributed by atoms with E-state index in [2.05, 4.69) is 0 Å². The Hall–Kier alpha value is -2.04. The number of hydrogen-bond donors (Lipinski definition) is 1. The van der Waals surface area contributed by atoms with Gasteiger partial charge in [-0.25, -0.2) is 0 Å². The molecule has 1 aromatic carbocycles. The van der Waals surface area contributed by atoms with Crippen molar-refractivity contribution in [1.29, 1.82) is 0 Å². The number of aliphatic carboxylic acids is 1. The molecule has 0 aliphatic rings. The van der Waals surface area contributed by atoms with E-state index in [1.807, 2.05) is 27.7 Å². The number of rotatable bonds is 8. The predicted molar refractivity (Wildman–Crippen MR) is 79.2 cm³/mol. The first-order valence-corrected chi connectivity index (χ1v) is 7.02. The standard InChI is InChI=1S/C16H22O5/c1-10(2)20-14-7-5-12(9-15(14)21-11(3)4)13(17)6-8-16(18)19/h5,7,9-11H,6,8H2,1-4H3,(H,18,19). The molecule has 0 aliphatic carbocycles. The maximum atomic E-state index is 12.0. The van der Waals surface area contributed by atoms with Crippen LogP contribution in [-0.2, 0) is 4.79 Å². The molecule has 5 nitrogen and oxygen atoms in total. The van der Waals surface area contributed by atoms with Crippen LogP contribution in [0, 0.1) is 0 Å². The number of ether oxygens (including phenoxy) is 2. The van der Waals surface area contributed by atoms with Gasteiger partial charge >= 0.3 is 5.97 Å². The molecule has 0 radical (unpaired) electrons. The van der Waals surface area contributed by atoms with Crippen LogP contribution < -0.4 is 9.47 Å². The van der Waals surface area contributed by atoms with E-state index < -0.39 is 5.97 Å². The minimum absolute atomic E-state index is 0.00641. The second-order valence-electron chi connectivity index (χ2n) is 5.31. The van der Waals surface area contributed by atoms with Gasteiger partial charge in [-0.1, -0.05) is 0 Å². The summed E-state index contributed by atoms with van der Waals surface area (Å²) in [5.74, 6) is -0.128. The highest BCUT2D eigenvalue weighted by Gasteiger charge is 2.14. The van der Waals surface area contributed by atoms with Gasteiger partial charge in [0.05, 0.1) is 18.6 Å². The molecule has 0 atom stereocenters. The van der Waals surface area contributed by atoms with Crippen LogP contribution in [0.4, 0.5) is 0 Å². The van der Waals surface area contributed by atoms with E-state index in [4.69, 9.17) is 14.6 Å². The Morgan fingerprint density at radius 1 is 1.00 bits per heavy atom. The molecular formula is C16H22O5. The van der Waals surface area contributed by atoms with Crippen molar-refractivity contribution in [2.75, 3.05) is 0 Å². The zero-order valence-corrected chi connectivity index (χ0v) is 12.9. The maximum Gasteiger partial charge on any atom is 0.303 e. The number of hydrogen-bond acceptors (Lipinski definition) is 4. The molecular weight excluding hydrogens is 272 g/mol. The van der Waals surface area contributed by atoms with Gasteiger partial charge in [-0.3, -0.25) is 9.59 Å². The van der Waals surface area contributed by atoms with Gasteiger partial charge in [0.2, 0.25) is 0 Å². The van der Waals surface area contributed by atoms with E-state index >= 15 is 0 Å². The lowest BCUT2D eigenvalue weighted by Crippen LogP contribution is -2.12. The third-order valence-electron chi connectivity index (χ3n) is 2.56. The highest BCUT2D eigenvalue weighted by molar-refractivity contribution is 5.98. The molecule has 0 saturated carbocycles. The largest absolute Gasteiger partial charge is 0.487 e. The van der Waals surface area contributed by atoms with Crippen molar-refractivity contribution in [1.82, 2.24) is 0 Å². The summed E-state index contributed by atoms with van der Waals surface area (Å²) in [4.78, 5) is 22.5. The second-order valence-corrected chi connectivity index (χ2v) is 5.31. The molecule has 5 heteroatoms. The molecule has 0 aromatic heterocycles. The summed E-state index contributed by atoms with van der Waals surface area (Å²) in [7, 11) is 0. The first kappa shape index (κ1) is 17.0. The van der Waals surface area contributed by atoms with Gasteiger partial charge < -0.3 is 14.6 Å². The third-order valence-corrected chi connectivity index (χ3v) is 2.56. The quantitative estimate of drug-likeness (QED) is 0.745. The molecule has 0 fully saturated rings. The minimum atomic E-state index is -0.984. The van der Waals surface area contributed by atoms with E-state index in [1.165, 1.54) is 0 Å². The lowest BCUT2D eigenvalue weighted by molar-refractivity contribution is -0.136. The Kier molecular flexibility index (Phi) is 6.21. The fourth-order valence-electron chi connectivity index (χ4n) is 1.74. The molecule has 0 aliphatic heterocycles. The maximum absolute atomic E-state index is 12.0. The van der Waals surface area contributed by atoms with Crippen molar-refractivity contribution in [3.8, 4) is 11.5 Å². The average molecular weight is 294 g/mol. The lowest BCUT2D eigenvalue weighted by Gasteiger charge is -2.17. The summed E-state index contributed by atoms with van der Waals surface area (Å²) >= 11 is 0. The van der Waals surface area contributed by atoms with Crippen LogP contribution in [0.25, 0.3) is 0 Å². The molecule has 1 rings (SSSR count). The normalized spacial score (nSPS) is 10.8. The molecule has 0 spiro atoms. The van der Waals surface area contributed by atoms with Gasteiger partial charge in [0.1, 0.15) is 0 Å². The van der Waals surface area contributed by atoms with E-state index in [1.54, 1.807) is 18.2 Å². The van der Waals surface area contributed by atoms with E-state index in [-0.39, 0.29) is 30.8 Å². The number of carbonyl (C=O) groups is 2. The molecule has 0 saturated heterocycles. The topological polar surface area (TPSA) is 72.8 Å². The van der Waals surface area contributed by atoms with Crippen molar-refractivity contribution in [3.05, 3.63) is 23.8 Å². The van der Waals surface area contributed by atoms with Crippen LogP contribution in [0.5, 0.6) is 11.5 Å². The molecule has 1 N–H and O–H groups in total. The Balaban J connectivity index is 2.97. The second kappa shape index (κ2) is 7.67. The number of carboxylic acid groups (broad SMARTS) is 1. The fourth-order valence-corrected chi connectivity index (χ4v) is 1.74. The van der Waals surface area contributed by atoms with Crippen LogP contribution in [-0.4, -0.2) is 29.1 Å². The van der Waals surface area contributed by atoms with Gasteiger partial charge in [0.15, 0.2) is 17.3 Å². The number of benzene rings is 1. The van der Waals surface area contributed by atoms with Crippen molar-refractivity contribution in [2.45, 2.75) is 52.7 Å². The van der Waals surface area contributed by atoms with Crippen LogP contribution in [0.1, 0.15) is 50.9 Å². The average Bonchev–Trinajstić information content (AvgIpc) is 2.36. The molecule has 116 valence electrons. The molecule has 0 bridgehead atoms. The molecule has 0 heterocycles. The summed E-state index contributed by atoms with van der Waals surface area (Å²) in [6.07, 6.45) is -0.262. The minimum Gasteiger partial charge on any atom is -0.487 e. The number of carboxylic acids is 1. The monoisotopic (exact) mass is 294 g/mol. The lowest BCUT2D eigenvalue weighted by atomic mass is 10.1. The van der Waals surface area contributed by atoms with Gasteiger partial charge in [0, 0.05) is 12.0 Å². The van der Waals surface area contributed by atoms with Crippen LogP contribution in [0.15, 0.2) is 18.2 Å². The number of ketones is 1. The third kappa shape index (κ3) is 5.85. The SMILES string of the molecule is CC(C)Oc1ccc(C(=O)CCC(=O)O)cc1OC(C)C.